The monoisotopic (exact) mass is 360 g/mol. The molecule has 3 N–H and O–H groups in total. The first-order valence-corrected chi connectivity index (χ1v) is 10.6. The average molecular weight is 361 g/mol. The minimum absolute atomic E-state index is 0.0268. The van der Waals surface area contributed by atoms with Gasteiger partial charge < -0.3 is 15.3 Å². The molecule has 0 aromatic heterocycles. The topological polar surface area (TPSA) is 60.7 Å². The molecule has 3 nitrogen and oxygen atoms in total. The van der Waals surface area contributed by atoms with Crippen LogP contribution in [0.2, 0.25) is 0 Å². The number of aromatic hydroxyl groups is 3. The van der Waals surface area contributed by atoms with Crippen molar-refractivity contribution in [1.82, 2.24) is 0 Å². The van der Waals surface area contributed by atoms with E-state index in [0.717, 1.165) is 49.7 Å². The van der Waals surface area contributed by atoms with Gasteiger partial charge in [-0.1, -0.05) is 33.1 Å². The first kappa shape index (κ1) is 19.4. The summed E-state index contributed by atoms with van der Waals surface area (Å²) < 4.78 is 0. The molecule has 0 heterocycles. The molecule has 146 valence electrons. The summed E-state index contributed by atoms with van der Waals surface area (Å²) in [6, 6.07) is 1.30. The van der Waals surface area contributed by atoms with Gasteiger partial charge in [0.15, 0.2) is 11.5 Å². The summed E-state index contributed by atoms with van der Waals surface area (Å²) in [5.74, 6) is -0.0863. The van der Waals surface area contributed by atoms with E-state index in [1.54, 1.807) is 0 Å². The highest BCUT2D eigenvalue weighted by molar-refractivity contribution is 5.55. The summed E-state index contributed by atoms with van der Waals surface area (Å²) in [4.78, 5) is 0. The third-order valence-corrected chi connectivity index (χ3v) is 6.85. The van der Waals surface area contributed by atoms with Crippen LogP contribution in [0.25, 0.3) is 0 Å². The van der Waals surface area contributed by atoms with Crippen molar-refractivity contribution in [2.45, 2.75) is 97.3 Å². The lowest BCUT2D eigenvalue weighted by atomic mass is 9.92. The molecule has 3 heteroatoms. The molecule has 0 spiro atoms. The number of rotatable bonds is 11. The molecular weight excluding hydrogens is 324 g/mol. The molecule has 26 heavy (non-hydrogen) atoms. The molecular formula is C23H36O3. The van der Waals surface area contributed by atoms with Crippen LogP contribution in [0.5, 0.6) is 17.2 Å². The summed E-state index contributed by atoms with van der Waals surface area (Å²) in [7, 11) is 0. The van der Waals surface area contributed by atoms with Gasteiger partial charge >= 0.3 is 0 Å². The summed E-state index contributed by atoms with van der Waals surface area (Å²) in [6.45, 7) is 4.72. The van der Waals surface area contributed by atoms with Crippen LogP contribution in [-0.4, -0.2) is 15.3 Å². The molecule has 0 unspecified atom stereocenters. The third kappa shape index (κ3) is 5.08. The van der Waals surface area contributed by atoms with E-state index in [-0.39, 0.29) is 17.2 Å². The highest BCUT2D eigenvalue weighted by Gasteiger charge is 2.36. The number of phenolic OH excluding ortho intramolecular Hbond substituents is 3. The van der Waals surface area contributed by atoms with Crippen LogP contribution in [0.1, 0.15) is 95.6 Å². The van der Waals surface area contributed by atoms with E-state index < -0.39 is 0 Å². The zero-order chi connectivity index (χ0) is 18.8. The molecule has 1 aromatic carbocycles. The molecule has 1 aromatic rings. The summed E-state index contributed by atoms with van der Waals surface area (Å²) in [5, 5.41) is 30.5. The van der Waals surface area contributed by atoms with Crippen molar-refractivity contribution >= 4 is 0 Å². The van der Waals surface area contributed by atoms with Crippen molar-refractivity contribution in [1.29, 1.82) is 0 Å². The van der Waals surface area contributed by atoms with E-state index >= 15 is 0 Å². The second kappa shape index (κ2) is 7.70. The molecule has 2 fully saturated rings. The van der Waals surface area contributed by atoms with Gasteiger partial charge in [-0.3, -0.25) is 0 Å². The Morgan fingerprint density at radius 2 is 1.19 bits per heavy atom. The van der Waals surface area contributed by atoms with Gasteiger partial charge in [-0.2, -0.15) is 0 Å². The van der Waals surface area contributed by atoms with Gasteiger partial charge in [-0.05, 0) is 75.0 Å². The van der Waals surface area contributed by atoms with Gasteiger partial charge in [-0.25, -0.2) is 0 Å². The van der Waals surface area contributed by atoms with Crippen molar-refractivity contribution in [3.8, 4) is 17.2 Å². The largest absolute Gasteiger partial charge is 0.508 e. The van der Waals surface area contributed by atoms with Crippen molar-refractivity contribution < 1.29 is 15.3 Å². The SMILES string of the molecule is CC1(CCCCCc2c(O)c(O)cc(O)c2CCCCC2(C)CC2)CC1. The van der Waals surface area contributed by atoms with E-state index in [1.807, 2.05) is 0 Å². The van der Waals surface area contributed by atoms with Crippen molar-refractivity contribution in [3.63, 3.8) is 0 Å². The highest BCUT2D eigenvalue weighted by Crippen LogP contribution is 2.50. The maximum absolute atomic E-state index is 10.3. The van der Waals surface area contributed by atoms with Gasteiger partial charge in [-0.15, -0.1) is 0 Å². The molecule has 0 saturated heterocycles. The van der Waals surface area contributed by atoms with Crippen LogP contribution < -0.4 is 0 Å². The molecule has 0 amide bonds. The molecule has 2 aliphatic carbocycles. The Kier molecular flexibility index (Phi) is 5.74. The Bertz CT molecular complexity index is 627. The van der Waals surface area contributed by atoms with Crippen LogP contribution in [0.4, 0.5) is 0 Å². The van der Waals surface area contributed by atoms with E-state index in [1.165, 1.54) is 51.0 Å². The second-order valence-corrected chi connectivity index (χ2v) is 9.61. The first-order valence-electron chi connectivity index (χ1n) is 10.6. The Morgan fingerprint density at radius 3 is 1.77 bits per heavy atom. The molecule has 0 atom stereocenters. The minimum atomic E-state index is -0.197. The fraction of sp³-hybridized carbons (Fsp3) is 0.739. The highest BCUT2D eigenvalue weighted by atomic mass is 16.3. The van der Waals surface area contributed by atoms with Gasteiger partial charge in [0.2, 0.25) is 0 Å². The predicted molar refractivity (Wildman–Crippen MR) is 106 cm³/mol. The number of hydrogen-bond donors (Lipinski definition) is 3. The Labute approximate surface area is 158 Å². The summed E-state index contributed by atoms with van der Waals surface area (Å²) in [5.41, 5.74) is 2.78. The fourth-order valence-electron chi connectivity index (χ4n) is 4.10. The minimum Gasteiger partial charge on any atom is -0.508 e. The third-order valence-electron chi connectivity index (χ3n) is 6.85. The van der Waals surface area contributed by atoms with Crippen LogP contribution in [0.3, 0.4) is 0 Å². The Balaban J connectivity index is 1.52. The Hall–Kier alpha value is -1.38. The second-order valence-electron chi connectivity index (χ2n) is 9.61. The van der Waals surface area contributed by atoms with Gasteiger partial charge in [0.25, 0.3) is 0 Å². The van der Waals surface area contributed by atoms with Crippen LogP contribution in [-0.2, 0) is 12.8 Å². The maximum atomic E-state index is 10.3. The van der Waals surface area contributed by atoms with Crippen LogP contribution in [0.15, 0.2) is 6.07 Å². The molecule has 0 bridgehead atoms. The van der Waals surface area contributed by atoms with Crippen molar-refractivity contribution in [2.75, 3.05) is 0 Å². The zero-order valence-corrected chi connectivity index (χ0v) is 16.6. The summed E-state index contributed by atoms with van der Waals surface area (Å²) >= 11 is 0. The van der Waals surface area contributed by atoms with E-state index in [2.05, 4.69) is 13.8 Å². The Morgan fingerprint density at radius 1 is 0.692 bits per heavy atom. The lowest BCUT2D eigenvalue weighted by molar-refractivity contribution is 0.387. The molecule has 0 radical (unpaired) electrons. The number of unbranched alkanes of at least 4 members (excludes halogenated alkanes) is 3. The molecule has 3 rings (SSSR count). The number of benzene rings is 1. The van der Waals surface area contributed by atoms with Gasteiger partial charge in [0.05, 0.1) is 0 Å². The van der Waals surface area contributed by atoms with Gasteiger partial charge in [0.1, 0.15) is 5.75 Å². The van der Waals surface area contributed by atoms with E-state index in [0.29, 0.717) is 10.8 Å². The molecule has 2 aliphatic rings. The van der Waals surface area contributed by atoms with E-state index in [4.69, 9.17) is 0 Å². The standard InChI is InChI=1S/C23H36O3/c1-22(12-13-22)10-6-3-4-9-18-17(19(24)16-20(25)21(18)26)8-5-7-11-23(2)14-15-23/h16,24-26H,3-15H2,1-2H3. The summed E-state index contributed by atoms with van der Waals surface area (Å²) in [6.07, 6.45) is 15.1. The predicted octanol–water partition coefficient (Wildman–Crippen LogP) is 6.22. The maximum Gasteiger partial charge on any atom is 0.161 e. The van der Waals surface area contributed by atoms with Crippen molar-refractivity contribution in [3.05, 3.63) is 17.2 Å². The normalized spacial score (nSPS) is 19.5. The fourth-order valence-corrected chi connectivity index (χ4v) is 4.10. The number of hydrogen-bond acceptors (Lipinski definition) is 3. The average Bonchev–Trinajstić information content (AvgIpc) is 3.50. The van der Waals surface area contributed by atoms with Crippen LogP contribution >= 0.6 is 0 Å². The van der Waals surface area contributed by atoms with Gasteiger partial charge in [0, 0.05) is 17.2 Å². The molecule has 0 aliphatic heterocycles. The first-order chi connectivity index (χ1) is 12.3. The quantitative estimate of drug-likeness (QED) is 0.249. The lowest BCUT2D eigenvalue weighted by Gasteiger charge is -2.16. The number of phenols is 3. The molecule has 2 saturated carbocycles. The smallest absolute Gasteiger partial charge is 0.161 e. The zero-order valence-electron chi connectivity index (χ0n) is 16.6. The van der Waals surface area contributed by atoms with Crippen LogP contribution in [0, 0.1) is 10.8 Å². The lowest BCUT2D eigenvalue weighted by Crippen LogP contribution is -1.99. The van der Waals surface area contributed by atoms with Crippen molar-refractivity contribution in [2.24, 2.45) is 10.8 Å². The van der Waals surface area contributed by atoms with E-state index in [9.17, 15) is 15.3 Å².